The van der Waals surface area contributed by atoms with Crippen molar-refractivity contribution in [2.24, 2.45) is 0 Å². The zero-order chi connectivity index (χ0) is 13.0. The van der Waals surface area contributed by atoms with Gasteiger partial charge >= 0.3 is 0 Å². The Balaban J connectivity index is 1.93. The lowest BCUT2D eigenvalue weighted by Crippen LogP contribution is -2.36. The SMILES string of the molecule is CC(C)OCC(=O)N1CCc2ccccc2CC1. The Kier molecular flexibility index (Phi) is 4.37. The highest BCUT2D eigenvalue weighted by atomic mass is 16.5. The van der Waals surface area contributed by atoms with Gasteiger partial charge < -0.3 is 9.64 Å². The number of amides is 1. The molecule has 1 amide bonds. The van der Waals surface area contributed by atoms with Crippen LogP contribution >= 0.6 is 0 Å². The highest BCUT2D eigenvalue weighted by Crippen LogP contribution is 2.15. The topological polar surface area (TPSA) is 29.5 Å². The molecule has 0 atom stereocenters. The van der Waals surface area contributed by atoms with Gasteiger partial charge in [-0.15, -0.1) is 0 Å². The second-order valence-corrected chi connectivity index (χ2v) is 5.01. The maximum Gasteiger partial charge on any atom is 0.248 e. The molecule has 0 spiro atoms. The van der Waals surface area contributed by atoms with Gasteiger partial charge in [-0.3, -0.25) is 4.79 Å². The number of rotatable bonds is 3. The minimum Gasteiger partial charge on any atom is -0.369 e. The molecule has 0 radical (unpaired) electrons. The number of fused-ring (bicyclic) bond motifs is 1. The van der Waals surface area contributed by atoms with E-state index in [0.717, 1.165) is 25.9 Å². The first-order chi connectivity index (χ1) is 8.66. The van der Waals surface area contributed by atoms with Gasteiger partial charge in [0.05, 0.1) is 6.10 Å². The maximum atomic E-state index is 12.0. The van der Waals surface area contributed by atoms with E-state index in [1.807, 2.05) is 18.7 Å². The lowest BCUT2D eigenvalue weighted by atomic mass is 10.0. The molecule has 1 heterocycles. The molecular weight excluding hydrogens is 226 g/mol. The van der Waals surface area contributed by atoms with Crippen molar-refractivity contribution in [2.45, 2.75) is 32.8 Å². The van der Waals surface area contributed by atoms with Crippen molar-refractivity contribution in [2.75, 3.05) is 19.7 Å². The molecule has 1 aromatic rings. The first-order valence-corrected chi connectivity index (χ1v) is 6.63. The van der Waals surface area contributed by atoms with Gasteiger partial charge in [0.2, 0.25) is 5.91 Å². The van der Waals surface area contributed by atoms with E-state index < -0.39 is 0 Å². The van der Waals surface area contributed by atoms with Gasteiger partial charge in [0, 0.05) is 13.1 Å². The second-order valence-electron chi connectivity index (χ2n) is 5.01. The average Bonchev–Trinajstić information content (AvgIpc) is 2.58. The number of benzene rings is 1. The molecule has 0 fully saturated rings. The molecule has 0 bridgehead atoms. The number of ether oxygens (including phenoxy) is 1. The Morgan fingerprint density at radius 3 is 2.28 bits per heavy atom. The fourth-order valence-electron chi connectivity index (χ4n) is 2.25. The van der Waals surface area contributed by atoms with E-state index in [4.69, 9.17) is 4.74 Å². The molecule has 0 unspecified atom stereocenters. The number of carbonyl (C=O) groups excluding carboxylic acids is 1. The third-order valence-corrected chi connectivity index (χ3v) is 3.31. The van der Waals surface area contributed by atoms with Crippen molar-refractivity contribution in [3.05, 3.63) is 35.4 Å². The van der Waals surface area contributed by atoms with Crippen molar-refractivity contribution in [1.82, 2.24) is 4.90 Å². The summed E-state index contributed by atoms with van der Waals surface area (Å²) in [6, 6.07) is 8.46. The molecule has 2 rings (SSSR count). The van der Waals surface area contributed by atoms with Crippen LogP contribution in [0.2, 0.25) is 0 Å². The molecular formula is C15H21NO2. The molecule has 0 saturated carbocycles. The van der Waals surface area contributed by atoms with Crippen LogP contribution in [-0.2, 0) is 22.4 Å². The maximum absolute atomic E-state index is 12.0. The quantitative estimate of drug-likeness (QED) is 0.818. The van der Waals surface area contributed by atoms with E-state index >= 15 is 0 Å². The Morgan fingerprint density at radius 1 is 1.22 bits per heavy atom. The number of hydrogen-bond acceptors (Lipinski definition) is 2. The Bertz CT molecular complexity index is 388. The highest BCUT2D eigenvalue weighted by Gasteiger charge is 2.18. The third-order valence-electron chi connectivity index (χ3n) is 3.31. The van der Waals surface area contributed by atoms with Crippen LogP contribution in [0.15, 0.2) is 24.3 Å². The van der Waals surface area contributed by atoms with E-state index in [2.05, 4.69) is 24.3 Å². The van der Waals surface area contributed by atoms with Crippen molar-refractivity contribution < 1.29 is 9.53 Å². The summed E-state index contributed by atoms with van der Waals surface area (Å²) in [5.41, 5.74) is 2.75. The zero-order valence-electron chi connectivity index (χ0n) is 11.2. The zero-order valence-corrected chi connectivity index (χ0v) is 11.2. The summed E-state index contributed by atoms with van der Waals surface area (Å²) >= 11 is 0. The van der Waals surface area contributed by atoms with E-state index in [1.54, 1.807) is 0 Å². The van der Waals surface area contributed by atoms with E-state index in [0.29, 0.717) is 0 Å². The van der Waals surface area contributed by atoms with E-state index in [1.165, 1.54) is 11.1 Å². The first-order valence-electron chi connectivity index (χ1n) is 6.63. The normalized spacial score (nSPS) is 15.4. The molecule has 0 saturated heterocycles. The van der Waals surface area contributed by atoms with Gasteiger partial charge in [-0.1, -0.05) is 24.3 Å². The van der Waals surface area contributed by atoms with Crippen molar-refractivity contribution in [1.29, 1.82) is 0 Å². The summed E-state index contributed by atoms with van der Waals surface area (Å²) in [7, 11) is 0. The summed E-state index contributed by atoms with van der Waals surface area (Å²) in [4.78, 5) is 13.9. The predicted octanol–water partition coefficient (Wildman–Crippen LogP) is 2.04. The summed E-state index contributed by atoms with van der Waals surface area (Å²) in [6.45, 7) is 5.71. The monoisotopic (exact) mass is 247 g/mol. The molecule has 1 aromatic carbocycles. The Hall–Kier alpha value is -1.35. The fourth-order valence-corrected chi connectivity index (χ4v) is 2.25. The fraction of sp³-hybridized carbons (Fsp3) is 0.533. The third kappa shape index (κ3) is 3.33. The molecule has 1 aliphatic rings. The van der Waals surface area contributed by atoms with Crippen molar-refractivity contribution >= 4 is 5.91 Å². The standard InChI is InChI=1S/C15H21NO2/c1-12(2)18-11-15(17)16-9-7-13-5-3-4-6-14(13)8-10-16/h3-6,12H,7-11H2,1-2H3. The molecule has 1 aliphatic heterocycles. The van der Waals surface area contributed by atoms with Crippen LogP contribution in [0.1, 0.15) is 25.0 Å². The summed E-state index contributed by atoms with van der Waals surface area (Å²) in [5, 5.41) is 0. The summed E-state index contributed by atoms with van der Waals surface area (Å²) < 4.78 is 5.38. The number of carbonyl (C=O) groups is 1. The first kappa shape index (κ1) is 13.1. The van der Waals surface area contributed by atoms with Crippen LogP contribution in [0.25, 0.3) is 0 Å². The van der Waals surface area contributed by atoms with Crippen LogP contribution in [0.3, 0.4) is 0 Å². The minimum absolute atomic E-state index is 0.108. The lowest BCUT2D eigenvalue weighted by Gasteiger charge is -2.20. The van der Waals surface area contributed by atoms with Gasteiger partial charge in [0.15, 0.2) is 0 Å². The minimum atomic E-state index is 0.108. The average molecular weight is 247 g/mol. The van der Waals surface area contributed by atoms with Gasteiger partial charge in [-0.25, -0.2) is 0 Å². The Morgan fingerprint density at radius 2 is 1.78 bits per heavy atom. The van der Waals surface area contributed by atoms with Crippen LogP contribution in [0.5, 0.6) is 0 Å². The molecule has 0 aliphatic carbocycles. The molecule has 0 aromatic heterocycles. The Labute approximate surface area is 109 Å². The highest BCUT2D eigenvalue weighted by molar-refractivity contribution is 5.77. The van der Waals surface area contributed by atoms with Crippen LogP contribution in [0.4, 0.5) is 0 Å². The molecule has 98 valence electrons. The van der Waals surface area contributed by atoms with Crippen molar-refractivity contribution in [3.8, 4) is 0 Å². The summed E-state index contributed by atoms with van der Waals surface area (Å²) in [6.07, 6.45) is 2.01. The smallest absolute Gasteiger partial charge is 0.248 e. The predicted molar refractivity (Wildman–Crippen MR) is 71.5 cm³/mol. The van der Waals surface area contributed by atoms with Gasteiger partial charge in [0.25, 0.3) is 0 Å². The number of hydrogen-bond donors (Lipinski definition) is 0. The van der Waals surface area contributed by atoms with Crippen LogP contribution in [0, 0.1) is 0 Å². The van der Waals surface area contributed by atoms with E-state index in [-0.39, 0.29) is 18.6 Å². The number of nitrogens with zero attached hydrogens (tertiary/aromatic N) is 1. The second kappa shape index (κ2) is 6.01. The molecule has 0 N–H and O–H groups in total. The van der Waals surface area contributed by atoms with E-state index in [9.17, 15) is 4.79 Å². The molecule has 18 heavy (non-hydrogen) atoms. The van der Waals surface area contributed by atoms with Crippen LogP contribution in [-0.4, -0.2) is 36.6 Å². The van der Waals surface area contributed by atoms with Crippen LogP contribution < -0.4 is 0 Å². The lowest BCUT2D eigenvalue weighted by molar-refractivity contribution is -0.137. The van der Waals surface area contributed by atoms with Gasteiger partial charge in [-0.2, -0.15) is 0 Å². The van der Waals surface area contributed by atoms with Gasteiger partial charge in [-0.05, 0) is 37.8 Å². The van der Waals surface area contributed by atoms with Gasteiger partial charge in [0.1, 0.15) is 6.61 Å². The molecule has 3 heteroatoms. The summed E-state index contributed by atoms with van der Waals surface area (Å²) in [5.74, 6) is 0.108. The largest absolute Gasteiger partial charge is 0.369 e. The molecule has 3 nitrogen and oxygen atoms in total. The van der Waals surface area contributed by atoms with Crippen molar-refractivity contribution in [3.63, 3.8) is 0 Å².